The lowest BCUT2D eigenvalue weighted by Gasteiger charge is -2.13. The number of carbonyl (C=O) groups excluding carboxylic acids is 1. The summed E-state index contributed by atoms with van der Waals surface area (Å²) in [6.07, 6.45) is 1.57. The molecule has 0 unspecified atom stereocenters. The number of esters is 1. The minimum Gasteiger partial charge on any atom is -0.481 e. The highest BCUT2D eigenvalue weighted by Crippen LogP contribution is 2.28. The van der Waals surface area contributed by atoms with Crippen molar-refractivity contribution < 1.29 is 19.4 Å². The van der Waals surface area contributed by atoms with Crippen molar-refractivity contribution in [2.45, 2.75) is 39.2 Å². The van der Waals surface area contributed by atoms with Gasteiger partial charge in [0.2, 0.25) is 0 Å². The second kappa shape index (κ2) is 4.44. The summed E-state index contributed by atoms with van der Waals surface area (Å²) in [6, 6.07) is 0. The molecule has 0 heterocycles. The van der Waals surface area contributed by atoms with Gasteiger partial charge in [0.25, 0.3) is 0 Å². The van der Waals surface area contributed by atoms with E-state index in [0.717, 1.165) is 0 Å². The Bertz CT molecular complexity index is 234. The number of carboxylic acids is 1. The van der Waals surface area contributed by atoms with E-state index < -0.39 is 5.97 Å². The van der Waals surface area contributed by atoms with Crippen LogP contribution < -0.4 is 0 Å². The minimum absolute atomic E-state index is 0.140. The van der Waals surface area contributed by atoms with Crippen molar-refractivity contribution in [3.05, 3.63) is 0 Å². The first-order valence-corrected chi connectivity index (χ1v) is 4.94. The van der Waals surface area contributed by atoms with E-state index in [2.05, 4.69) is 0 Å². The first-order valence-electron chi connectivity index (χ1n) is 4.94. The number of ether oxygens (including phenoxy) is 1. The number of carboxylic acid groups (broad SMARTS) is 1. The first kappa shape index (κ1) is 11.0. The summed E-state index contributed by atoms with van der Waals surface area (Å²) >= 11 is 0. The third kappa shape index (κ3) is 2.72. The van der Waals surface area contributed by atoms with E-state index in [-0.39, 0.29) is 23.9 Å². The summed E-state index contributed by atoms with van der Waals surface area (Å²) in [6.45, 7) is 3.54. The van der Waals surface area contributed by atoms with Crippen LogP contribution in [-0.4, -0.2) is 23.1 Å². The zero-order chi connectivity index (χ0) is 10.7. The van der Waals surface area contributed by atoms with E-state index in [0.29, 0.717) is 19.3 Å². The van der Waals surface area contributed by atoms with Crippen LogP contribution in [0.2, 0.25) is 0 Å². The highest BCUT2D eigenvalue weighted by atomic mass is 16.5. The fraction of sp³-hybridized carbons (Fsp3) is 0.800. The Hall–Kier alpha value is -1.06. The molecular formula is C10H16O4. The molecule has 1 rings (SSSR count). The Morgan fingerprint density at radius 3 is 2.43 bits per heavy atom. The molecular weight excluding hydrogens is 184 g/mol. The molecule has 0 aromatic rings. The maximum absolute atomic E-state index is 11.2. The molecule has 80 valence electrons. The monoisotopic (exact) mass is 200 g/mol. The SMILES string of the molecule is CC(C)C(=O)O[C@@H]1CC[C@@H](C(=O)O)C1. The van der Waals surface area contributed by atoms with Crippen molar-refractivity contribution in [1.29, 1.82) is 0 Å². The summed E-state index contributed by atoms with van der Waals surface area (Å²) in [5, 5.41) is 8.73. The normalized spacial score (nSPS) is 26.5. The van der Waals surface area contributed by atoms with Gasteiger partial charge in [-0.25, -0.2) is 0 Å². The quantitative estimate of drug-likeness (QED) is 0.700. The summed E-state index contributed by atoms with van der Waals surface area (Å²) in [5.41, 5.74) is 0. The molecule has 4 heteroatoms. The van der Waals surface area contributed by atoms with Crippen LogP contribution >= 0.6 is 0 Å². The molecule has 0 bridgehead atoms. The summed E-state index contributed by atoms with van der Waals surface area (Å²) < 4.78 is 5.15. The van der Waals surface area contributed by atoms with E-state index in [4.69, 9.17) is 9.84 Å². The lowest BCUT2D eigenvalue weighted by molar-refractivity contribution is -0.153. The van der Waals surface area contributed by atoms with Crippen LogP contribution in [-0.2, 0) is 14.3 Å². The van der Waals surface area contributed by atoms with Crippen molar-refractivity contribution >= 4 is 11.9 Å². The fourth-order valence-electron chi connectivity index (χ4n) is 1.57. The zero-order valence-electron chi connectivity index (χ0n) is 8.53. The number of hydrogen-bond acceptors (Lipinski definition) is 3. The second-order valence-electron chi connectivity index (χ2n) is 4.06. The van der Waals surface area contributed by atoms with Crippen LogP contribution in [0.15, 0.2) is 0 Å². The molecule has 1 saturated carbocycles. The van der Waals surface area contributed by atoms with E-state index in [9.17, 15) is 9.59 Å². The molecule has 0 aromatic carbocycles. The maximum Gasteiger partial charge on any atom is 0.308 e. The predicted octanol–water partition coefficient (Wildman–Crippen LogP) is 1.44. The molecule has 0 aliphatic heterocycles. The van der Waals surface area contributed by atoms with Crippen molar-refractivity contribution in [1.82, 2.24) is 0 Å². The second-order valence-corrected chi connectivity index (χ2v) is 4.06. The molecule has 1 aliphatic carbocycles. The van der Waals surface area contributed by atoms with E-state index in [1.54, 1.807) is 13.8 Å². The molecule has 0 spiro atoms. The van der Waals surface area contributed by atoms with Gasteiger partial charge in [0, 0.05) is 0 Å². The average molecular weight is 200 g/mol. The molecule has 0 amide bonds. The first-order chi connectivity index (χ1) is 6.50. The molecule has 1 N–H and O–H groups in total. The van der Waals surface area contributed by atoms with Gasteiger partial charge in [-0.05, 0) is 19.3 Å². The van der Waals surface area contributed by atoms with Crippen LogP contribution in [0.5, 0.6) is 0 Å². The number of carbonyl (C=O) groups is 2. The molecule has 1 aliphatic rings. The van der Waals surface area contributed by atoms with Gasteiger partial charge in [0.15, 0.2) is 0 Å². The van der Waals surface area contributed by atoms with E-state index in [1.807, 2.05) is 0 Å². The Kier molecular flexibility index (Phi) is 3.49. The third-order valence-corrected chi connectivity index (χ3v) is 2.49. The van der Waals surface area contributed by atoms with Gasteiger partial charge in [-0.1, -0.05) is 13.8 Å². The Labute approximate surface area is 83.2 Å². The molecule has 14 heavy (non-hydrogen) atoms. The van der Waals surface area contributed by atoms with Crippen molar-refractivity contribution in [2.75, 3.05) is 0 Å². The van der Waals surface area contributed by atoms with Crippen LogP contribution in [0.4, 0.5) is 0 Å². The predicted molar refractivity (Wildman–Crippen MR) is 49.7 cm³/mol. The van der Waals surface area contributed by atoms with Crippen molar-refractivity contribution in [3.63, 3.8) is 0 Å². The largest absolute Gasteiger partial charge is 0.481 e. The van der Waals surface area contributed by atoms with Gasteiger partial charge in [-0.15, -0.1) is 0 Å². The van der Waals surface area contributed by atoms with Gasteiger partial charge < -0.3 is 9.84 Å². The summed E-state index contributed by atoms with van der Waals surface area (Å²) in [5.74, 6) is -1.49. The smallest absolute Gasteiger partial charge is 0.308 e. The Morgan fingerprint density at radius 2 is 2.00 bits per heavy atom. The van der Waals surface area contributed by atoms with E-state index >= 15 is 0 Å². The Balaban J connectivity index is 2.36. The minimum atomic E-state index is -0.784. The van der Waals surface area contributed by atoms with Gasteiger partial charge >= 0.3 is 11.9 Å². The standard InChI is InChI=1S/C10H16O4/c1-6(2)10(13)14-8-4-3-7(5-8)9(11)12/h6-8H,3-5H2,1-2H3,(H,11,12)/t7-,8-/m1/s1. The molecule has 2 atom stereocenters. The highest BCUT2D eigenvalue weighted by molar-refractivity contribution is 5.72. The summed E-state index contributed by atoms with van der Waals surface area (Å²) in [4.78, 5) is 21.8. The Morgan fingerprint density at radius 1 is 1.36 bits per heavy atom. The highest BCUT2D eigenvalue weighted by Gasteiger charge is 2.32. The van der Waals surface area contributed by atoms with Gasteiger partial charge in [0.1, 0.15) is 6.10 Å². The molecule has 4 nitrogen and oxygen atoms in total. The van der Waals surface area contributed by atoms with Crippen LogP contribution in [0.1, 0.15) is 33.1 Å². The third-order valence-electron chi connectivity index (χ3n) is 2.49. The van der Waals surface area contributed by atoms with Gasteiger partial charge in [-0.2, -0.15) is 0 Å². The van der Waals surface area contributed by atoms with Gasteiger partial charge in [-0.3, -0.25) is 9.59 Å². The molecule has 0 aromatic heterocycles. The van der Waals surface area contributed by atoms with Gasteiger partial charge in [0.05, 0.1) is 11.8 Å². The number of aliphatic carboxylic acids is 1. The average Bonchev–Trinajstić information content (AvgIpc) is 2.52. The number of rotatable bonds is 3. The van der Waals surface area contributed by atoms with Crippen molar-refractivity contribution in [2.24, 2.45) is 11.8 Å². The van der Waals surface area contributed by atoms with Crippen LogP contribution in [0.3, 0.4) is 0 Å². The van der Waals surface area contributed by atoms with E-state index in [1.165, 1.54) is 0 Å². The number of hydrogen-bond donors (Lipinski definition) is 1. The van der Waals surface area contributed by atoms with Crippen LogP contribution in [0, 0.1) is 11.8 Å². The molecule has 0 saturated heterocycles. The fourth-order valence-corrected chi connectivity index (χ4v) is 1.57. The maximum atomic E-state index is 11.2. The van der Waals surface area contributed by atoms with Crippen molar-refractivity contribution in [3.8, 4) is 0 Å². The topological polar surface area (TPSA) is 63.6 Å². The summed E-state index contributed by atoms with van der Waals surface area (Å²) in [7, 11) is 0. The zero-order valence-corrected chi connectivity index (χ0v) is 8.53. The lowest BCUT2D eigenvalue weighted by Crippen LogP contribution is -2.20. The van der Waals surface area contributed by atoms with Crippen LogP contribution in [0.25, 0.3) is 0 Å². The molecule has 0 radical (unpaired) electrons. The molecule has 1 fully saturated rings. The lowest BCUT2D eigenvalue weighted by atomic mass is 10.1.